The molecule has 0 amide bonds. The van der Waals surface area contributed by atoms with Gasteiger partial charge >= 0.3 is 0 Å². The van der Waals surface area contributed by atoms with Gasteiger partial charge in [0.1, 0.15) is 5.75 Å². The Balaban J connectivity index is 2.26. The smallest absolute Gasteiger partial charge is 0.120 e. The van der Waals surface area contributed by atoms with Crippen molar-refractivity contribution in [3.05, 3.63) is 41.5 Å². The highest BCUT2D eigenvalue weighted by molar-refractivity contribution is 5.91. The first-order chi connectivity index (χ1) is 7.38. The van der Waals surface area contributed by atoms with Gasteiger partial charge < -0.3 is 4.74 Å². The molecule has 0 saturated carbocycles. The van der Waals surface area contributed by atoms with E-state index in [2.05, 4.69) is 30.3 Å². The second kappa shape index (κ2) is 3.27. The Labute approximate surface area is 89.7 Å². The molecule has 1 heteroatoms. The van der Waals surface area contributed by atoms with E-state index in [0.717, 1.165) is 18.8 Å². The van der Waals surface area contributed by atoms with E-state index in [9.17, 15) is 0 Å². The van der Waals surface area contributed by atoms with Gasteiger partial charge in [-0.3, -0.25) is 0 Å². The summed E-state index contributed by atoms with van der Waals surface area (Å²) in [5.41, 5.74) is 2.94. The van der Waals surface area contributed by atoms with Crippen LogP contribution in [0, 0.1) is 0 Å². The summed E-state index contributed by atoms with van der Waals surface area (Å²) in [6.07, 6.45) is 2.35. The van der Waals surface area contributed by atoms with Crippen molar-refractivity contribution in [1.82, 2.24) is 0 Å². The summed E-state index contributed by atoms with van der Waals surface area (Å²) >= 11 is 0. The molecule has 2 aromatic rings. The number of aryl methyl sites for hydroxylation is 2. The van der Waals surface area contributed by atoms with Gasteiger partial charge in [0.05, 0.1) is 6.61 Å². The zero-order chi connectivity index (χ0) is 10.3. The monoisotopic (exact) mass is 198 g/mol. The fourth-order valence-corrected chi connectivity index (χ4v) is 2.50. The number of rotatable bonds is 2. The van der Waals surface area contributed by atoms with Gasteiger partial charge in [-0.1, -0.05) is 18.2 Å². The summed E-state index contributed by atoms with van der Waals surface area (Å²) in [5.74, 6) is 1.01. The van der Waals surface area contributed by atoms with Crippen LogP contribution in [0.2, 0.25) is 0 Å². The summed E-state index contributed by atoms with van der Waals surface area (Å²) in [6.45, 7) is 2.77. The minimum atomic E-state index is 0.741. The Morgan fingerprint density at radius 3 is 2.87 bits per heavy atom. The van der Waals surface area contributed by atoms with Crippen molar-refractivity contribution in [2.24, 2.45) is 0 Å². The fourth-order valence-electron chi connectivity index (χ4n) is 2.50. The highest BCUT2D eigenvalue weighted by Gasteiger charge is 2.14. The van der Waals surface area contributed by atoms with E-state index >= 15 is 0 Å². The van der Waals surface area contributed by atoms with Gasteiger partial charge in [0, 0.05) is 0 Å². The highest BCUT2D eigenvalue weighted by atomic mass is 16.5. The summed E-state index contributed by atoms with van der Waals surface area (Å²) < 4.78 is 5.58. The quantitative estimate of drug-likeness (QED) is 0.719. The zero-order valence-electron chi connectivity index (χ0n) is 8.92. The minimum absolute atomic E-state index is 0.741. The van der Waals surface area contributed by atoms with Crippen molar-refractivity contribution in [2.75, 3.05) is 6.61 Å². The van der Waals surface area contributed by atoms with Crippen molar-refractivity contribution in [1.29, 1.82) is 0 Å². The first-order valence-corrected chi connectivity index (χ1v) is 5.56. The summed E-state index contributed by atoms with van der Waals surface area (Å²) in [4.78, 5) is 0. The summed E-state index contributed by atoms with van der Waals surface area (Å²) in [7, 11) is 0. The molecule has 76 valence electrons. The second-order valence-electron chi connectivity index (χ2n) is 4.03. The molecule has 1 aliphatic carbocycles. The molecular weight excluding hydrogens is 184 g/mol. The van der Waals surface area contributed by atoms with E-state index in [-0.39, 0.29) is 0 Å². The molecule has 0 N–H and O–H groups in total. The zero-order valence-corrected chi connectivity index (χ0v) is 8.92. The molecule has 0 atom stereocenters. The van der Waals surface area contributed by atoms with Gasteiger partial charge in [0.2, 0.25) is 0 Å². The van der Waals surface area contributed by atoms with Gasteiger partial charge in [0.25, 0.3) is 0 Å². The van der Waals surface area contributed by atoms with Gasteiger partial charge in [-0.25, -0.2) is 0 Å². The number of hydrogen-bond donors (Lipinski definition) is 0. The molecule has 0 saturated heterocycles. The SMILES string of the molecule is CCOc1cc2c3c(cccc3c1)CC2. The van der Waals surface area contributed by atoms with Crippen molar-refractivity contribution in [2.45, 2.75) is 19.8 Å². The molecule has 0 aromatic heterocycles. The lowest BCUT2D eigenvalue weighted by Crippen LogP contribution is -1.92. The Hall–Kier alpha value is -1.50. The largest absolute Gasteiger partial charge is 0.494 e. The Kier molecular flexibility index (Phi) is 1.91. The minimum Gasteiger partial charge on any atom is -0.494 e. The van der Waals surface area contributed by atoms with Crippen LogP contribution in [0.4, 0.5) is 0 Å². The molecule has 2 aromatic carbocycles. The lowest BCUT2D eigenvalue weighted by Gasteiger charge is -2.07. The van der Waals surface area contributed by atoms with Gasteiger partial charge in [-0.15, -0.1) is 0 Å². The maximum absolute atomic E-state index is 5.58. The Morgan fingerprint density at radius 1 is 1.13 bits per heavy atom. The van der Waals surface area contributed by atoms with Gasteiger partial charge in [0.15, 0.2) is 0 Å². The van der Waals surface area contributed by atoms with E-state index in [1.807, 2.05) is 6.92 Å². The molecule has 1 aliphatic rings. The van der Waals surface area contributed by atoms with Crippen LogP contribution < -0.4 is 4.74 Å². The fraction of sp³-hybridized carbons (Fsp3) is 0.286. The number of hydrogen-bond acceptors (Lipinski definition) is 1. The summed E-state index contributed by atoms with van der Waals surface area (Å²) in [6, 6.07) is 10.9. The van der Waals surface area contributed by atoms with Crippen LogP contribution in [0.3, 0.4) is 0 Å². The summed E-state index contributed by atoms with van der Waals surface area (Å²) in [5, 5.41) is 2.78. The van der Waals surface area contributed by atoms with Crippen LogP contribution >= 0.6 is 0 Å². The molecular formula is C14H14O. The highest BCUT2D eigenvalue weighted by Crippen LogP contribution is 2.33. The van der Waals surface area contributed by atoms with Crippen LogP contribution in [0.15, 0.2) is 30.3 Å². The second-order valence-corrected chi connectivity index (χ2v) is 4.03. The standard InChI is InChI=1S/C14H14O/c1-2-15-13-8-11-5-3-4-10-6-7-12(9-13)14(10)11/h3-5,8-9H,2,6-7H2,1H3. The van der Waals surface area contributed by atoms with E-state index in [4.69, 9.17) is 4.74 Å². The maximum atomic E-state index is 5.58. The van der Waals surface area contributed by atoms with E-state index < -0.39 is 0 Å². The molecule has 3 rings (SSSR count). The predicted molar refractivity (Wildman–Crippen MR) is 62.5 cm³/mol. The third-order valence-corrected chi connectivity index (χ3v) is 3.09. The molecule has 0 radical (unpaired) electrons. The van der Waals surface area contributed by atoms with E-state index in [1.165, 1.54) is 28.3 Å². The Bertz CT molecular complexity index is 514. The van der Waals surface area contributed by atoms with Crippen LogP contribution in [0.5, 0.6) is 5.75 Å². The van der Waals surface area contributed by atoms with Crippen molar-refractivity contribution in [3.8, 4) is 5.75 Å². The molecule has 0 fully saturated rings. The molecule has 0 unspecified atom stereocenters. The third kappa shape index (κ3) is 1.30. The Morgan fingerprint density at radius 2 is 2.00 bits per heavy atom. The topological polar surface area (TPSA) is 9.23 Å². The lowest BCUT2D eigenvalue weighted by molar-refractivity contribution is 0.340. The predicted octanol–water partition coefficient (Wildman–Crippen LogP) is 3.34. The van der Waals surface area contributed by atoms with Gasteiger partial charge in [-0.2, -0.15) is 0 Å². The molecule has 15 heavy (non-hydrogen) atoms. The first-order valence-electron chi connectivity index (χ1n) is 5.56. The molecule has 0 spiro atoms. The third-order valence-electron chi connectivity index (χ3n) is 3.09. The van der Waals surface area contributed by atoms with Crippen LogP contribution in [0.25, 0.3) is 10.8 Å². The van der Waals surface area contributed by atoms with Crippen molar-refractivity contribution >= 4 is 10.8 Å². The van der Waals surface area contributed by atoms with Crippen molar-refractivity contribution < 1.29 is 4.74 Å². The first kappa shape index (κ1) is 8.78. The molecule has 0 heterocycles. The normalized spacial score (nSPS) is 13.4. The van der Waals surface area contributed by atoms with Crippen LogP contribution in [0.1, 0.15) is 18.1 Å². The van der Waals surface area contributed by atoms with E-state index in [1.54, 1.807) is 0 Å². The molecule has 1 nitrogen and oxygen atoms in total. The van der Waals surface area contributed by atoms with E-state index in [0.29, 0.717) is 0 Å². The number of benzene rings is 2. The number of ether oxygens (including phenoxy) is 1. The maximum Gasteiger partial charge on any atom is 0.120 e. The average Bonchev–Trinajstić information content (AvgIpc) is 2.64. The lowest BCUT2D eigenvalue weighted by atomic mass is 10.0. The van der Waals surface area contributed by atoms with Crippen molar-refractivity contribution in [3.63, 3.8) is 0 Å². The van der Waals surface area contributed by atoms with Crippen LogP contribution in [-0.2, 0) is 12.8 Å². The average molecular weight is 198 g/mol. The molecule has 0 aliphatic heterocycles. The molecule has 0 bridgehead atoms. The van der Waals surface area contributed by atoms with Crippen LogP contribution in [-0.4, -0.2) is 6.61 Å². The van der Waals surface area contributed by atoms with Gasteiger partial charge in [-0.05, 0) is 53.8 Å².